The molecule has 0 aliphatic carbocycles. The molecule has 0 radical (unpaired) electrons. The predicted octanol–water partition coefficient (Wildman–Crippen LogP) is -11.1. The third-order valence-electron chi connectivity index (χ3n) is 8.13. The minimum atomic E-state index is -3.90. The molecule has 0 aromatic carbocycles. The second kappa shape index (κ2) is 15.4. The van der Waals surface area contributed by atoms with E-state index in [1.165, 1.54) is 0 Å². The molecular weight excluding hydrogens is 624 g/mol. The Labute approximate surface area is 258 Å². The van der Waals surface area contributed by atoms with Gasteiger partial charge >= 0.3 is 0 Å². The summed E-state index contributed by atoms with van der Waals surface area (Å²) in [4.78, 5) is 14.8. The average Bonchev–Trinajstić information content (AvgIpc) is 3.09. The van der Waals surface area contributed by atoms with Gasteiger partial charge in [-0.3, -0.25) is 4.79 Å². The first-order chi connectivity index (χ1) is 22.5. The molecule has 264 valence electrons. The van der Waals surface area contributed by atoms with Gasteiger partial charge in [0.25, 0.3) is 0 Å². The fraction of sp³-hybridized carbons (Fsp3) is 0.958. The molecule has 3 aliphatic heterocycles. The number of carbonyl (C=O) groups excluding carboxylic acids is 1. The van der Waals surface area contributed by atoms with Crippen molar-refractivity contribution in [2.24, 2.45) is 0 Å². The number of hydrogen-bond acceptors (Lipinski definition) is 21. The first kappa shape index (κ1) is 33.8. The highest BCUT2D eigenvalue weighted by Crippen LogP contribution is 2.41. The SMILES string of the molecule is [2H]O[C@H]1C(O[C@@](C(=O)C2([2H])O[C@H](CO)[C@@H](O)[C@H](O)[C@H]2O)(C2O[C@H](CO)[C@@H](O)[C@H](O)[C@H]2O[2H])[C@@H](O)[C@H](O)[C@H](O)CO)O[C@H](CO)[C@@H](O)[C@@H]1O. The van der Waals surface area contributed by atoms with Crippen molar-refractivity contribution in [2.75, 3.05) is 26.4 Å². The van der Waals surface area contributed by atoms with Crippen molar-refractivity contribution in [3.63, 3.8) is 0 Å². The minimum Gasteiger partial charge on any atom is -0.394 e. The Morgan fingerprint density at radius 1 is 0.689 bits per heavy atom. The molecule has 3 rings (SSSR count). The van der Waals surface area contributed by atoms with Crippen LogP contribution < -0.4 is 0 Å². The van der Waals surface area contributed by atoms with Gasteiger partial charge in [0.15, 0.2) is 11.9 Å². The molecule has 21 nitrogen and oxygen atoms in total. The van der Waals surface area contributed by atoms with Gasteiger partial charge in [0.05, 0.1) is 27.8 Å². The molecular formula is C24H42O21. The van der Waals surface area contributed by atoms with Gasteiger partial charge < -0.3 is 101 Å². The summed E-state index contributed by atoms with van der Waals surface area (Å²) in [6.45, 7) is -4.92. The number of ether oxygens (including phenoxy) is 4. The average molecular weight is 670 g/mol. The molecule has 0 aromatic heterocycles. The van der Waals surface area contributed by atoms with Gasteiger partial charge in [-0.1, -0.05) is 0 Å². The van der Waals surface area contributed by atoms with E-state index in [2.05, 4.69) is 10.2 Å². The second-order valence-electron chi connectivity index (χ2n) is 10.9. The van der Waals surface area contributed by atoms with Crippen LogP contribution >= 0.6 is 0 Å². The fourth-order valence-electron chi connectivity index (χ4n) is 5.36. The Morgan fingerprint density at radius 2 is 1.16 bits per heavy atom. The summed E-state index contributed by atoms with van der Waals surface area (Å²) in [5.74, 6) is -2.23. The number of Topliss-reactive ketones (excluding diaryl/α,β-unsaturated/α-hetero) is 1. The zero-order valence-corrected chi connectivity index (χ0v) is 23.3. The first-order valence-electron chi connectivity index (χ1n) is 15.0. The van der Waals surface area contributed by atoms with Gasteiger partial charge in [0.2, 0.25) is 8.65 Å². The van der Waals surface area contributed by atoms with Crippen LogP contribution in [-0.4, -0.2) is 232 Å². The van der Waals surface area contributed by atoms with Crippen molar-refractivity contribution in [1.29, 1.82) is 2.86 Å². The molecule has 3 heterocycles. The standard InChI is InChI=1S/C24H42O21/c25-1-5(29)9(30)20(40)24(22-17(38)14(35)11(32)7(3-27)43-22,45-23-18(39)15(36)12(33)8(4-28)44-23)21(41)19-16(37)13(34)10(31)6(2-26)42-19/h5-20,22-23,25-40H,1-4H2/t5-,6-,7-,8-,9-,10-,11-,12-,13+,14+,15+,16-,17-,18-,19?,20+,22?,23?,24+/m1/s1/i19D,38D,39D. The van der Waals surface area contributed by atoms with Crippen molar-refractivity contribution in [2.45, 2.75) is 116 Å². The van der Waals surface area contributed by atoms with E-state index in [0.717, 1.165) is 0 Å². The van der Waals surface area contributed by atoms with E-state index in [9.17, 15) is 76.3 Å². The summed E-state index contributed by atoms with van der Waals surface area (Å²) in [7, 11) is 0. The summed E-state index contributed by atoms with van der Waals surface area (Å²) >= 11 is 0. The van der Waals surface area contributed by atoms with Crippen LogP contribution in [0.5, 0.6) is 0 Å². The Hall–Kier alpha value is -1.13. The minimum absolute atomic E-state index is 1.11. The molecule has 0 amide bonds. The topological polar surface area (TPSA) is 378 Å². The van der Waals surface area contributed by atoms with E-state index in [0.29, 0.717) is 0 Å². The van der Waals surface area contributed by atoms with E-state index in [4.69, 9.17) is 23.2 Å². The molecule has 21 heteroatoms. The van der Waals surface area contributed by atoms with Crippen LogP contribution in [0, 0.1) is 0 Å². The lowest BCUT2D eigenvalue weighted by atomic mass is 9.73. The highest BCUT2D eigenvalue weighted by Gasteiger charge is 2.67. The van der Waals surface area contributed by atoms with E-state index in [1.54, 1.807) is 0 Å². The van der Waals surface area contributed by atoms with Crippen LogP contribution in [0.3, 0.4) is 0 Å². The molecule has 16 N–H and O–H groups in total. The van der Waals surface area contributed by atoms with Gasteiger partial charge in [0.1, 0.15) is 104 Å². The summed E-state index contributed by atoms with van der Waals surface area (Å²) in [6, 6.07) is 0. The quantitative estimate of drug-likeness (QED) is 0.0816. The fourth-order valence-corrected chi connectivity index (χ4v) is 5.36. The number of ketones is 1. The van der Waals surface area contributed by atoms with E-state index in [-0.39, 0.29) is 0 Å². The third kappa shape index (κ3) is 6.90. The molecule has 3 fully saturated rings. The Bertz CT molecular complexity index is 1050. The maximum atomic E-state index is 14.8. The maximum absolute atomic E-state index is 14.8. The van der Waals surface area contributed by atoms with E-state index < -0.39 is 148 Å². The molecule has 0 bridgehead atoms. The molecule has 0 spiro atoms. The number of carbonyl (C=O) groups is 1. The van der Waals surface area contributed by atoms with Crippen molar-refractivity contribution >= 4 is 5.78 Å². The second-order valence-corrected chi connectivity index (χ2v) is 10.9. The molecule has 19 atom stereocenters. The smallest absolute Gasteiger partial charge is 0.211 e. The van der Waals surface area contributed by atoms with Crippen LogP contribution in [0.2, 0.25) is 0 Å². The van der Waals surface area contributed by atoms with Gasteiger partial charge in [-0.15, -0.1) is 0 Å². The van der Waals surface area contributed by atoms with Crippen LogP contribution in [0.15, 0.2) is 0 Å². The first-order valence-corrected chi connectivity index (χ1v) is 13.7. The zero-order chi connectivity index (χ0) is 36.5. The Kier molecular flexibility index (Phi) is 11.5. The van der Waals surface area contributed by atoms with Crippen LogP contribution in [0.4, 0.5) is 0 Å². The normalized spacial score (nSPS) is 48.7. The van der Waals surface area contributed by atoms with Crippen molar-refractivity contribution in [3.05, 3.63) is 0 Å². The lowest BCUT2D eigenvalue weighted by molar-refractivity contribution is -0.366. The summed E-state index contributed by atoms with van der Waals surface area (Å²) < 4.78 is 45.7. The van der Waals surface area contributed by atoms with Crippen molar-refractivity contribution in [1.82, 2.24) is 0 Å². The number of aliphatic hydroxyl groups excluding tert-OH is 16. The third-order valence-corrected chi connectivity index (χ3v) is 8.13. The van der Waals surface area contributed by atoms with Gasteiger partial charge in [-0.25, -0.2) is 0 Å². The van der Waals surface area contributed by atoms with E-state index in [1.807, 2.05) is 0 Å². The van der Waals surface area contributed by atoms with Crippen molar-refractivity contribution < 1.29 is 107 Å². The van der Waals surface area contributed by atoms with Gasteiger partial charge in [0, 0.05) is 0 Å². The van der Waals surface area contributed by atoms with Crippen LogP contribution in [0.25, 0.3) is 0 Å². The zero-order valence-electron chi connectivity index (χ0n) is 26.3. The Balaban J connectivity index is 2.42. The molecule has 3 saturated heterocycles. The molecule has 0 aromatic rings. The van der Waals surface area contributed by atoms with Crippen LogP contribution in [0.1, 0.15) is 1.37 Å². The largest absolute Gasteiger partial charge is 0.394 e. The summed E-state index contributed by atoms with van der Waals surface area (Å²) in [5, 5.41) is 155. The number of hydrogen-bond donors (Lipinski definition) is 16. The van der Waals surface area contributed by atoms with Crippen LogP contribution in [-0.2, 0) is 23.7 Å². The number of aliphatic hydroxyl groups is 16. The lowest BCUT2D eigenvalue weighted by Gasteiger charge is -2.54. The molecule has 3 unspecified atom stereocenters. The maximum Gasteiger partial charge on any atom is 0.211 e. The summed E-state index contributed by atoms with van der Waals surface area (Å²) in [6.07, 6.45) is -44.4. The summed E-state index contributed by atoms with van der Waals surface area (Å²) in [5.41, 5.74) is -3.90. The monoisotopic (exact) mass is 669 g/mol. The molecule has 45 heavy (non-hydrogen) atoms. The predicted molar refractivity (Wildman–Crippen MR) is 135 cm³/mol. The highest BCUT2D eigenvalue weighted by atomic mass is 16.7. The highest BCUT2D eigenvalue weighted by molar-refractivity contribution is 5.94. The van der Waals surface area contributed by atoms with Crippen molar-refractivity contribution in [3.8, 4) is 0 Å². The lowest BCUT2D eigenvalue weighted by Crippen LogP contribution is -2.78. The molecule has 0 saturated carbocycles. The van der Waals surface area contributed by atoms with E-state index >= 15 is 0 Å². The van der Waals surface area contributed by atoms with Gasteiger partial charge in [-0.2, -0.15) is 0 Å². The number of rotatable bonds is 14. The Morgan fingerprint density at radius 3 is 1.64 bits per heavy atom. The molecule has 3 aliphatic rings. The van der Waals surface area contributed by atoms with Gasteiger partial charge in [-0.05, 0) is 0 Å².